The molecule has 0 spiro atoms. The van der Waals surface area contributed by atoms with Crippen molar-refractivity contribution in [1.82, 2.24) is 34.4 Å². The number of likely N-dealkylation sites (N-methyl/N-ethyl adjacent to an activating group) is 1. The van der Waals surface area contributed by atoms with Crippen LogP contribution in [-0.4, -0.2) is 61.7 Å². The van der Waals surface area contributed by atoms with E-state index in [0.717, 1.165) is 59.7 Å². The number of aryl methyl sites for hydroxylation is 3. The maximum atomic E-state index is 12.6. The van der Waals surface area contributed by atoms with Crippen molar-refractivity contribution in [2.75, 3.05) is 26.0 Å². The molecule has 0 aliphatic heterocycles. The number of halogens is 2. The van der Waals surface area contributed by atoms with Gasteiger partial charge in [0.25, 0.3) is 0 Å². The molecule has 0 saturated carbocycles. The first-order valence-electron chi connectivity index (χ1n) is 11.3. The highest BCUT2D eigenvalue weighted by atomic mass is 19.3. The van der Waals surface area contributed by atoms with E-state index in [1.54, 1.807) is 12.1 Å². The van der Waals surface area contributed by atoms with Gasteiger partial charge in [-0.25, -0.2) is 9.97 Å². The predicted octanol–water partition coefficient (Wildman–Crippen LogP) is 3.75. The Balaban J connectivity index is 1.45. The zero-order valence-electron chi connectivity index (χ0n) is 19.7. The normalized spacial score (nSPS) is 12.7. The molecule has 0 radical (unpaired) electrons. The van der Waals surface area contributed by atoms with Crippen LogP contribution in [0.5, 0.6) is 5.75 Å². The molecule has 9 nitrogen and oxygen atoms in total. The third-order valence-corrected chi connectivity index (χ3v) is 5.86. The molecule has 5 rings (SSSR count). The van der Waals surface area contributed by atoms with E-state index in [4.69, 9.17) is 10.1 Å². The van der Waals surface area contributed by atoms with Crippen LogP contribution in [0.2, 0.25) is 0 Å². The summed E-state index contributed by atoms with van der Waals surface area (Å²) in [6.45, 7) is -1.19. The van der Waals surface area contributed by atoms with E-state index >= 15 is 0 Å². The molecule has 0 bridgehead atoms. The minimum absolute atomic E-state index is 0.110. The van der Waals surface area contributed by atoms with Crippen LogP contribution in [0.1, 0.15) is 11.3 Å². The highest BCUT2D eigenvalue weighted by Crippen LogP contribution is 2.40. The molecule has 4 aromatic rings. The quantitative estimate of drug-likeness (QED) is 0.411. The number of hydrogen-bond donors (Lipinski definition) is 1. The highest BCUT2D eigenvalue weighted by Gasteiger charge is 2.27. The average molecular weight is 481 g/mol. The summed E-state index contributed by atoms with van der Waals surface area (Å²) in [6.07, 6.45) is 5.32. The number of hydrogen-bond acceptors (Lipinski definition) is 7. The molecule has 0 atom stereocenters. The Morgan fingerprint density at radius 2 is 1.91 bits per heavy atom. The summed E-state index contributed by atoms with van der Waals surface area (Å²) in [6, 6.07) is 8.46. The lowest BCUT2D eigenvalue weighted by atomic mass is 9.91. The molecule has 1 aromatic carbocycles. The molecule has 0 fully saturated rings. The molecule has 182 valence electrons. The second-order valence-corrected chi connectivity index (χ2v) is 8.66. The van der Waals surface area contributed by atoms with Gasteiger partial charge >= 0.3 is 6.61 Å². The van der Waals surface area contributed by atoms with E-state index in [1.807, 2.05) is 49.0 Å². The fraction of sp³-hybridized carbons (Fsp3) is 0.333. The fourth-order valence-electron chi connectivity index (χ4n) is 4.22. The number of aromatic nitrogens is 6. The smallest absolute Gasteiger partial charge is 0.387 e. The number of anilines is 2. The van der Waals surface area contributed by atoms with E-state index in [-0.39, 0.29) is 5.75 Å². The Labute approximate surface area is 201 Å². The Bertz CT molecular complexity index is 1330. The molecule has 3 aromatic heterocycles. The Kier molecular flexibility index (Phi) is 6.16. The van der Waals surface area contributed by atoms with Gasteiger partial charge in [-0.15, -0.1) is 0 Å². The first-order chi connectivity index (χ1) is 16.9. The molecular formula is C24H26F2N8O. The lowest BCUT2D eigenvalue weighted by Gasteiger charge is -2.17. The van der Waals surface area contributed by atoms with Crippen LogP contribution in [0.25, 0.3) is 22.5 Å². The summed E-state index contributed by atoms with van der Waals surface area (Å²) in [5.41, 5.74) is 5.42. The van der Waals surface area contributed by atoms with Crippen LogP contribution in [0.4, 0.5) is 20.5 Å². The van der Waals surface area contributed by atoms with Crippen LogP contribution in [-0.2, 0) is 26.4 Å². The van der Waals surface area contributed by atoms with E-state index in [9.17, 15) is 8.78 Å². The molecule has 35 heavy (non-hydrogen) atoms. The van der Waals surface area contributed by atoms with Crippen molar-refractivity contribution in [1.29, 1.82) is 0 Å². The van der Waals surface area contributed by atoms with E-state index in [1.165, 1.54) is 12.1 Å². The average Bonchev–Trinajstić information content (AvgIpc) is 3.41. The lowest BCUT2D eigenvalue weighted by Crippen LogP contribution is -2.18. The minimum atomic E-state index is -2.86. The van der Waals surface area contributed by atoms with Crippen LogP contribution in [0.15, 0.2) is 42.7 Å². The van der Waals surface area contributed by atoms with Gasteiger partial charge in [-0.05, 0) is 56.8 Å². The van der Waals surface area contributed by atoms with E-state index in [2.05, 4.69) is 25.0 Å². The van der Waals surface area contributed by atoms with Crippen molar-refractivity contribution < 1.29 is 13.5 Å². The second kappa shape index (κ2) is 9.41. The van der Waals surface area contributed by atoms with Crippen molar-refractivity contribution in [2.45, 2.75) is 26.0 Å². The van der Waals surface area contributed by atoms with Gasteiger partial charge in [0.1, 0.15) is 5.75 Å². The number of rotatable bonds is 8. The number of benzene rings is 1. The van der Waals surface area contributed by atoms with E-state index < -0.39 is 6.61 Å². The Hall–Kier alpha value is -3.86. The fourth-order valence-corrected chi connectivity index (χ4v) is 4.22. The molecule has 1 aliphatic carbocycles. The lowest BCUT2D eigenvalue weighted by molar-refractivity contribution is -0.0498. The summed E-state index contributed by atoms with van der Waals surface area (Å²) in [4.78, 5) is 11.4. The SMILES string of the molecule is CN(C)CCn1ccc(Nc2ncc3c(n2)-c2c(nn(C)c2-c2ccc(OC(F)F)cc2)CC3)n1. The molecule has 3 heterocycles. The molecule has 0 saturated heterocycles. The van der Waals surface area contributed by atoms with Crippen molar-refractivity contribution in [3.8, 4) is 28.3 Å². The van der Waals surface area contributed by atoms with Crippen LogP contribution < -0.4 is 10.1 Å². The van der Waals surface area contributed by atoms with Gasteiger partial charge in [0.05, 0.1) is 23.6 Å². The monoisotopic (exact) mass is 480 g/mol. The van der Waals surface area contributed by atoms with Gasteiger partial charge in [-0.3, -0.25) is 9.36 Å². The number of ether oxygens (including phenoxy) is 1. The van der Waals surface area contributed by atoms with Gasteiger partial charge in [0.15, 0.2) is 5.82 Å². The summed E-state index contributed by atoms with van der Waals surface area (Å²) >= 11 is 0. The van der Waals surface area contributed by atoms with Gasteiger partial charge in [0.2, 0.25) is 5.95 Å². The van der Waals surface area contributed by atoms with Gasteiger partial charge < -0.3 is 15.0 Å². The standard InChI is InChI=1S/C24H26F2N8O/c1-32(2)12-13-34-11-10-19(31-34)28-24-27-14-16-6-9-18-20(21(16)29-24)22(33(3)30-18)15-4-7-17(8-5-15)35-23(25)26/h4-5,7-8,10-11,14,23H,6,9,12-13H2,1-3H3,(H,27,28,29,31). The zero-order valence-corrected chi connectivity index (χ0v) is 19.7. The Morgan fingerprint density at radius 1 is 1.11 bits per heavy atom. The molecule has 1 aliphatic rings. The largest absolute Gasteiger partial charge is 0.435 e. The third kappa shape index (κ3) is 4.85. The molecular weight excluding hydrogens is 454 g/mol. The van der Waals surface area contributed by atoms with Crippen LogP contribution in [0, 0.1) is 0 Å². The molecule has 0 unspecified atom stereocenters. The number of nitrogens with one attached hydrogen (secondary N) is 1. The van der Waals surface area contributed by atoms with Crippen LogP contribution in [0.3, 0.4) is 0 Å². The first-order valence-corrected chi connectivity index (χ1v) is 11.3. The van der Waals surface area contributed by atoms with Gasteiger partial charge in [-0.2, -0.15) is 19.0 Å². The minimum Gasteiger partial charge on any atom is -0.435 e. The number of alkyl halides is 2. The summed E-state index contributed by atoms with van der Waals surface area (Å²) < 4.78 is 33.3. The number of fused-ring (bicyclic) bond motifs is 3. The highest BCUT2D eigenvalue weighted by molar-refractivity contribution is 5.84. The summed E-state index contributed by atoms with van der Waals surface area (Å²) in [7, 11) is 5.92. The summed E-state index contributed by atoms with van der Waals surface area (Å²) in [5.74, 6) is 1.23. The maximum Gasteiger partial charge on any atom is 0.387 e. The topological polar surface area (TPSA) is 85.9 Å². The molecule has 1 N–H and O–H groups in total. The molecule has 11 heteroatoms. The van der Waals surface area contributed by atoms with Crippen molar-refractivity contribution in [3.63, 3.8) is 0 Å². The maximum absolute atomic E-state index is 12.6. The predicted molar refractivity (Wildman–Crippen MR) is 128 cm³/mol. The van der Waals surface area contributed by atoms with Crippen molar-refractivity contribution in [2.24, 2.45) is 7.05 Å². The molecule has 0 amide bonds. The van der Waals surface area contributed by atoms with E-state index in [0.29, 0.717) is 11.8 Å². The van der Waals surface area contributed by atoms with Gasteiger partial charge in [-0.1, -0.05) is 0 Å². The van der Waals surface area contributed by atoms with Crippen LogP contribution >= 0.6 is 0 Å². The number of nitrogens with zero attached hydrogens (tertiary/aromatic N) is 7. The summed E-state index contributed by atoms with van der Waals surface area (Å²) in [5, 5.41) is 12.5. The third-order valence-electron chi connectivity index (χ3n) is 5.86. The van der Waals surface area contributed by atoms with Crippen molar-refractivity contribution >= 4 is 11.8 Å². The van der Waals surface area contributed by atoms with Crippen molar-refractivity contribution in [3.05, 3.63) is 54.0 Å². The second-order valence-electron chi connectivity index (χ2n) is 8.66. The Morgan fingerprint density at radius 3 is 2.66 bits per heavy atom. The zero-order chi connectivity index (χ0) is 24.5. The first kappa shape index (κ1) is 22.9. The van der Waals surface area contributed by atoms with Gasteiger partial charge in [0, 0.05) is 43.2 Å².